The van der Waals surface area contributed by atoms with Gasteiger partial charge in [-0.15, -0.1) is 0 Å². The highest BCUT2D eigenvalue weighted by Gasteiger charge is 2.25. The number of nitrogens with one attached hydrogen (secondary N) is 1. The van der Waals surface area contributed by atoms with Crippen LogP contribution < -0.4 is 5.32 Å². The fourth-order valence-corrected chi connectivity index (χ4v) is 3.68. The van der Waals surface area contributed by atoms with Gasteiger partial charge in [0.1, 0.15) is 5.82 Å². The molecule has 3 rings (SSSR count). The van der Waals surface area contributed by atoms with Crippen molar-refractivity contribution in [2.45, 2.75) is 46.1 Å². The molecule has 8 heteroatoms. The minimum atomic E-state index is -0.817. The molecule has 30 heavy (non-hydrogen) atoms. The first-order chi connectivity index (χ1) is 14.2. The van der Waals surface area contributed by atoms with E-state index in [0.29, 0.717) is 16.8 Å². The number of piperidine rings is 1. The maximum atomic E-state index is 14.0. The van der Waals surface area contributed by atoms with E-state index in [0.717, 1.165) is 37.9 Å². The third-order valence-electron chi connectivity index (χ3n) is 5.56. The van der Waals surface area contributed by atoms with Gasteiger partial charge in [0, 0.05) is 35.5 Å². The molecule has 2 aromatic carbocycles. The molecule has 158 valence electrons. The molecule has 2 amide bonds. The minimum absolute atomic E-state index is 0.0422. The predicted octanol–water partition coefficient (Wildman–Crippen LogP) is 4.62. The zero-order chi connectivity index (χ0) is 22.0. The molecular formula is C22H24FN3O4. The van der Waals surface area contributed by atoms with Gasteiger partial charge in [0.2, 0.25) is 0 Å². The standard InChI is InChI=1S/C22H24FN3O4/c1-13-10-16(22(28)25-9-5-4-6-14(25)2)7-8-19(13)24-21(27)17-11-18(23)15(3)20(12-17)26(29)30/h7-8,10-12,14H,4-6,9H2,1-3H3,(H,24,27). The molecule has 7 nitrogen and oxygen atoms in total. The fourth-order valence-electron chi connectivity index (χ4n) is 3.68. The summed E-state index contributed by atoms with van der Waals surface area (Å²) >= 11 is 0. The van der Waals surface area contributed by atoms with Crippen molar-refractivity contribution in [1.29, 1.82) is 0 Å². The Hall–Kier alpha value is -3.29. The van der Waals surface area contributed by atoms with Crippen LogP contribution in [-0.2, 0) is 0 Å². The number of likely N-dealkylation sites (tertiary alicyclic amines) is 1. The van der Waals surface area contributed by atoms with Crippen LogP contribution >= 0.6 is 0 Å². The van der Waals surface area contributed by atoms with Gasteiger partial charge in [0.05, 0.1) is 10.5 Å². The van der Waals surface area contributed by atoms with Crippen LogP contribution in [0.1, 0.15) is 58.0 Å². The second-order valence-corrected chi connectivity index (χ2v) is 7.69. The van der Waals surface area contributed by atoms with Gasteiger partial charge in [-0.2, -0.15) is 0 Å². The van der Waals surface area contributed by atoms with Gasteiger partial charge < -0.3 is 10.2 Å². The van der Waals surface area contributed by atoms with Crippen molar-refractivity contribution in [2.24, 2.45) is 0 Å². The maximum absolute atomic E-state index is 14.0. The van der Waals surface area contributed by atoms with E-state index in [1.54, 1.807) is 25.1 Å². The van der Waals surface area contributed by atoms with Crippen LogP contribution in [0.2, 0.25) is 0 Å². The van der Waals surface area contributed by atoms with Crippen molar-refractivity contribution >= 4 is 23.2 Å². The van der Waals surface area contributed by atoms with E-state index in [-0.39, 0.29) is 23.1 Å². The van der Waals surface area contributed by atoms with Gasteiger partial charge in [-0.25, -0.2) is 4.39 Å². The molecule has 0 bridgehead atoms. The minimum Gasteiger partial charge on any atom is -0.336 e. The maximum Gasteiger partial charge on any atom is 0.276 e. The quantitative estimate of drug-likeness (QED) is 0.585. The summed E-state index contributed by atoms with van der Waals surface area (Å²) in [5.41, 5.74) is 0.937. The Morgan fingerprint density at radius 3 is 2.53 bits per heavy atom. The molecule has 1 fully saturated rings. The Kier molecular flexibility index (Phi) is 6.14. The van der Waals surface area contributed by atoms with Crippen LogP contribution in [0.15, 0.2) is 30.3 Å². The van der Waals surface area contributed by atoms with Gasteiger partial charge >= 0.3 is 0 Å². The van der Waals surface area contributed by atoms with Crippen LogP contribution in [0.25, 0.3) is 0 Å². The van der Waals surface area contributed by atoms with Gasteiger partial charge in [-0.3, -0.25) is 19.7 Å². The van der Waals surface area contributed by atoms with Crippen molar-refractivity contribution < 1.29 is 18.9 Å². The Morgan fingerprint density at radius 2 is 1.90 bits per heavy atom. The lowest BCUT2D eigenvalue weighted by Gasteiger charge is -2.33. The number of rotatable bonds is 4. The van der Waals surface area contributed by atoms with Crippen molar-refractivity contribution in [3.8, 4) is 0 Å². The first-order valence-electron chi connectivity index (χ1n) is 9.86. The SMILES string of the molecule is Cc1cc(C(=O)N2CCCCC2C)ccc1NC(=O)c1cc(F)c(C)c([N+](=O)[O-])c1. The van der Waals surface area contributed by atoms with Crippen molar-refractivity contribution in [3.63, 3.8) is 0 Å². The summed E-state index contributed by atoms with van der Waals surface area (Å²) in [7, 11) is 0. The number of nitrogens with zero attached hydrogens (tertiary/aromatic N) is 2. The van der Waals surface area contributed by atoms with Crippen LogP contribution in [-0.4, -0.2) is 34.2 Å². The Labute approximate surface area is 174 Å². The number of halogens is 1. The van der Waals surface area contributed by atoms with E-state index >= 15 is 0 Å². The molecule has 1 aliphatic rings. The normalized spacial score (nSPS) is 16.3. The zero-order valence-electron chi connectivity index (χ0n) is 17.2. The first kappa shape index (κ1) is 21.4. The van der Waals surface area contributed by atoms with Gasteiger partial charge in [-0.05, 0) is 69.9 Å². The lowest BCUT2D eigenvalue weighted by Crippen LogP contribution is -2.42. The third kappa shape index (κ3) is 4.32. The zero-order valence-corrected chi connectivity index (χ0v) is 17.2. The number of benzene rings is 2. The van der Waals surface area contributed by atoms with E-state index in [1.807, 2.05) is 11.8 Å². The largest absolute Gasteiger partial charge is 0.336 e. The molecule has 1 saturated heterocycles. The molecule has 0 aliphatic carbocycles. The number of carbonyl (C=O) groups is 2. The van der Waals surface area contributed by atoms with Gasteiger partial charge in [-0.1, -0.05) is 0 Å². The second kappa shape index (κ2) is 8.61. The molecule has 0 aromatic heterocycles. The average molecular weight is 413 g/mol. The highest BCUT2D eigenvalue weighted by Crippen LogP contribution is 2.25. The number of nitro groups is 1. The van der Waals surface area contributed by atoms with Crippen LogP contribution in [0.4, 0.5) is 15.8 Å². The summed E-state index contributed by atoms with van der Waals surface area (Å²) in [6, 6.07) is 7.19. The fraction of sp³-hybridized carbons (Fsp3) is 0.364. The van der Waals surface area contributed by atoms with E-state index in [1.165, 1.54) is 6.92 Å². The number of aryl methyl sites for hydroxylation is 1. The number of amides is 2. The summed E-state index contributed by atoms with van der Waals surface area (Å²) in [6.07, 6.45) is 3.09. The smallest absolute Gasteiger partial charge is 0.276 e. The molecule has 0 radical (unpaired) electrons. The summed E-state index contributed by atoms with van der Waals surface area (Å²) < 4.78 is 14.0. The molecule has 1 atom stereocenters. The van der Waals surface area contributed by atoms with Crippen LogP contribution in [0.3, 0.4) is 0 Å². The predicted molar refractivity (Wildman–Crippen MR) is 111 cm³/mol. The van der Waals surface area contributed by atoms with Crippen molar-refractivity contribution in [3.05, 3.63) is 68.5 Å². The topological polar surface area (TPSA) is 92.6 Å². The molecule has 1 unspecified atom stereocenters. The van der Waals surface area contributed by atoms with E-state index in [2.05, 4.69) is 5.32 Å². The first-order valence-corrected chi connectivity index (χ1v) is 9.86. The average Bonchev–Trinajstić information content (AvgIpc) is 2.71. The monoisotopic (exact) mass is 413 g/mol. The number of hydrogen-bond acceptors (Lipinski definition) is 4. The summed E-state index contributed by atoms with van der Waals surface area (Å²) in [5.74, 6) is -1.52. The van der Waals surface area contributed by atoms with Crippen LogP contribution in [0, 0.1) is 29.8 Å². The van der Waals surface area contributed by atoms with Gasteiger partial charge in [0.25, 0.3) is 17.5 Å². The Bertz CT molecular complexity index is 1020. The van der Waals surface area contributed by atoms with Gasteiger partial charge in [0.15, 0.2) is 0 Å². The van der Waals surface area contributed by atoms with E-state index < -0.39 is 22.3 Å². The van der Waals surface area contributed by atoms with E-state index in [4.69, 9.17) is 0 Å². The second-order valence-electron chi connectivity index (χ2n) is 7.69. The number of carbonyl (C=O) groups excluding carboxylic acids is 2. The summed E-state index contributed by atoms with van der Waals surface area (Å²) in [6.45, 7) is 5.82. The lowest BCUT2D eigenvalue weighted by atomic mass is 10.0. The number of anilines is 1. The third-order valence-corrected chi connectivity index (χ3v) is 5.56. The highest BCUT2D eigenvalue weighted by molar-refractivity contribution is 6.05. The number of nitro benzene ring substituents is 1. The highest BCUT2D eigenvalue weighted by atomic mass is 19.1. The molecular weight excluding hydrogens is 389 g/mol. The summed E-state index contributed by atoms with van der Waals surface area (Å²) in [4.78, 5) is 37.6. The molecule has 1 heterocycles. The summed E-state index contributed by atoms with van der Waals surface area (Å²) in [5, 5.41) is 13.7. The molecule has 2 aromatic rings. The molecule has 1 aliphatic heterocycles. The van der Waals surface area contributed by atoms with E-state index in [9.17, 15) is 24.1 Å². The lowest BCUT2D eigenvalue weighted by molar-refractivity contribution is -0.385. The van der Waals surface area contributed by atoms with Crippen LogP contribution in [0.5, 0.6) is 0 Å². The van der Waals surface area contributed by atoms with Crippen molar-refractivity contribution in [2.75, 3.05) is 11.9 Å². The molecule has 1 N–H and O–H groups in total. The number of hydrogen-bond donors (Lipinski definition) is 1. The molecule has 0 spiro atoms. The molecule has 0 saturated carbocycles. The Morgan fingerprint density at radius 1 is 1.17 bits per heavy atom. The Balaban J connectivity index is 1.80. The van der Waals surface area contributed by atoms with Crippen molar-refractivity contribution in [1.82, 2.24) is 4.90 Å².